The molecule has 1 atom stereocenters. The first-order valence-electron chi connectivity index (χ1n) is 13.0. The summed E-state index contributed by atoms with van der Waals surface area (Å²) < 4.78 is 47.4. The molecule has 0 bridgehead atoms. The molecule has 0 radical (unpaired) electrons. The first kappa shape index (κ1) is 25.9. The Morgan fingerprint density at radius 2 is 1.68 bits per heavy atom. The van der Waals surface area contributed by atoms with Gasteiger partial charge in [0.2, 0.25) is 0 Å². The van der Waals surface area contributed by atoms with Crippen LogP contribution < -0.4 is 9.47 Å². The second-order valence-corrected chi connectivity index (χ2v) is 12.0. The molecule has 0 saturated heterocycles. The predicted octanol–water partition coefficient (Wildman–Crippen LogP) is 5.97. The zero-order valence-electron chi connectivity index (χ0n) is 23.2. The van der Waals surface area contributed by atoms with Gasteiger partial charge >= 0.3 is 0 Å². The highest BCUT2D eigenvalue weighted by Gasteiger charge is 2.34. The molecular formula is C30H30N4O5S. The van der Waals surface area contributed by atoms with E-state index in [-0.39, 0.29) is 10.9 Å². The Hall–Kier alpha value is -4.31. The maximum absolute atomic E-state index is 13.5. The Bertz CT molecular complexity index is 1860. The molecule has 6 rings (SSSR count). The molecule has 0 fully saturated rings. The molecule has 0 amide bonds. The molecule has 0 spiro atoms. The number of benzene rings is 2. The lowest BCUT2D eigenvalue weighted by atomic mass is 9.91. The third-order valence-electron chi connectivity index (χ3n) is 7.57. The molecular weight excluding hydrogens is 528 g/mol. The van der Waals surface area contributed by atoms with Crippen molar-refractivity contribution in [1.29, 1.82) is 0 Å². The zero-order valence-corrected chi connectivity index (χ0v) is 24.0. The fraction of sp³-hybridized carbons (Fsp3) is 0.267. The van der Waals surface area contributed by atoms with E-state index < -0.39 is 10.0 Å². The lowest BCUT2D eigenvalue weighted by molar-refractivity contribution is 0.354. The van der Waals surface area contributed by atoms with Crippen LogP contribution in [0.1, 0.15) is 35.6 Å². The van der Waals surface area contributed by atoms with E-state index in [1.807, 2.05) is 32.0 Å². The van der Waals surface area contributed by atoms with E-state index in [9.17, 15) is 8.42 Å². The van der Waals surface area contributed by atoms with E-state index in [4.69, 9.17) is 14.0 Å². The van der Waals surface area contributed by atoms with Gasteiger partial charge in [-0.3, -0.25) is 0 Å². The van der Waals surface area contributed by atoms with E-state index in [0.29, 0.717) is 23.2 Å². The van der Waals surface area contributed by atoms with Crippen LogP contribution in [0, 0.1) is 20.8 Å². The fourth-order valence-electron chi connectivity index (χ4n) is 5.71. The van der Waals surface area contributed by atoms with Crippen LogP contribution in [0.4, 0.5) is 0 Å². The van der Waals surface area contributed by atoms with Crippen LogP contribution in [-0.2, 0) is 16.4 Å². The lowest BCUT2D eigenvalue weighted by Crippen LogP contribution is -2.17. The van der Waals surface area contributed by atoms with Gasteiger partial charge in [0.1, 0.15) is 0 Å². The van der Waals surface area contributed by atoms with Crippen LogP contribution in [0.3, 0.4) is 0 Å². The number of fused-ring (bicyclic) bond motifs is 3. The van der Waals surface area contributed by atoms with Crippen molar-refractivity contribution in [2.75, 3.05) is 14.2 Å². The SMILES string of the molecule is COc1cc2c(cc1OC)-c1c(-c3nc(C)no3)c(-c3ccn(S(=O)(=O)c4ccc(C)cc4)c3)c(C)n1C(C)C2. The van der Waals surface area contributed by atoms with E-state index >= 15 is 0 Å². The van der Waals surface area contributed by atoms with Gasteiger partial charge in [-0.15, -0.1) is 0 Å². The molecule has 3 aromatic heterocycles. The van der Waals surface area contributed by atoms with Crippen molar-refractivity contribution in [3.63, 3.8) is 0 Å². The van der Waals surface area contributed by atoms with Crippen LogP contribution in [0.25, 0.3) is 33.8 Å². The number of aryl methyl sites for hydroxylation is 2. The Kier molecular flexibility index (Phi) is 6.10. The molecule has 5 aromatic rings. The summed E-state index contributed by atoms with van der Waals surface area (Å²) in [7, 11) is -0.535. The van der Waals surface area contributed by atoms with Crippen LogP contribution in [0.2, 0.25) is 0 Å². The molecule has 0 aliphatic carbocycles. The molecule has 206 valence electrons. The Balaban J connectivity index is 1.61. The largest absolute Gasteiger partial charge is 0.493 e. The second kappa shape index (κ2) is 9.41. The summed E-state index contributed by atoms with van der Waals surface area (Å²) in [6.45, 7) is 7.90. The first-order chi connectivity index (χ1) is 19.1. The van der Waals surface area contributed by atoms with Gasteiger partial charge < -0.3 is 18.6 Å². The molecule has 4 heterocycles. The maximum Gasteiger partial charge on any atom is 0.267 e. The van der Waals surface area contributed by atoms with Crippen molar-refractivity contribution in [2.45, 2.75) is 45.1 Å². The summed E-state index contributed by atoms with van der Waals surface area (Å²) in [5.41, 5.74) is 7.29. The third kappa shape index (κ3) is 3.93. The van der Waals surface area contributed by atoms with Crippen LogP contribution >= 0.6 is 0 Å². The van der Waals surface area contributed by atoms with Gasteiger partial charge in [0.15, 0.2) is 17.3 Å². The number of ether oxygens (including phenoxy) is 2. The number of rotatable bonds is 6. The van der Waals surface area contributed by atoms with Crippen LogP contribution in [0.5, 0.6) is 11.5 Å². The van der Waals surface area contributed by atoms with Gasteiger partial charge in [-0.2, -0.15) is 4.98 Å². The summed E-state index contributed by atoms with van der Waals surface area (Å²) in [5.74, 6) is 2.16. The Morgan fingerprint density at radius 1 is 0.975 bits per heavy atom. The van der Waals surface area contributed by atoms with Crippen molar-refractivity contribution in [3.05, 3.63) is 77.5 Å². The number of hydrogen-bond donors (Lipinski definition) is 0. The number of methoxy groups -OCH3 is 2. The van der Waals surface area contributed by atoms with Crippen molar-refractivity contribution in [2.24, 2.45) is 0 Å². The minimum Gasteiger partial charge on any atom is -0.493 e. The average Bonchev–Trinajstić information content (AvgIpc) is 3.66. The maximum atomic E-state index is 13.5. The standard InChI is InChI=1S/C30H30N4O5S/c1-17-7-9-23(10-8-17)40(35,36)33-12-11-21(16-33)27-19(3)34-18(2)13-22-14-25(37-5)26(38-6)15-24(22)29(34)28(27)30-31-20(4)32-39-30/h7-12,14-16,18H,13H2,1-6H3. The Labute approximate surface area is 233 Å². The predicted molar refractivity (Wildman–Crippen MR) is 151 cm³/mol. The summed E-state index contributed by atoms with van der Waals surface area (Å²) in [6, 6.07) is 12.8. The molecule has 10 heteroatoms. The Morgan fingerprint density at radius 3 is 2.33 bits per heavy atom. The van der Waals surface area contributed by atoms with Crippen molar-refractivity contribution >= 4 is 10.0 Å². The van der Waals surface area contributed by atoms with Gasteiger partial charge in [0, 0.05) is 40.8 Å². The number of hydrogen-bond acceptors (Lipinski definition) is 7. The zero-order chi connectivity index (χ0) is 28.3. The van der Waals surface area contributed by atoms with Gasteiger partial charge in [-0.05, 0) is 70.0 Å². The molecule has 9 nitrogen and oxygen atoms in total. The summed E-state index contributed by atoms with van der Waals surface area (Å²) in [6.07, 6.45) is 4.01. The van der Waals surface area contributed by atoms with Crippen LogP contribution in [0.15, 0.2) is 64.3 Å². The summed E-state index contributed by atoms with van der Waals surface area (Å²) in [4.78, 5) is 4.83. The van der Waals surface area contributed by atoms with Crippen molar-refractivity contribution in [1.82, 2.24) is 18.7 Å². The monoisotopic (exact) mass is 558 g/mol. The molecule has 1 unspecified atom stereocenters. The minimum absolute atomic E-state index is 0.107. The van der Waals surface area contributed by atoms with Gasteiger partial charge in [-0.25, -0.2) is 12.4 Å². The minimum atomic E-state index is -3.78. The molecule has 1 aliphatic heterocycles. The summed E-state index contributed by atoms with van der Waals surface area (Å²) in [5, 5.41) is 4.07. The highest BCUT2D eigenvalue weighted by Crippen LogP contribution is 2.51. The molecule has 2 aromatic carbocycles. The molecule has 1 aliphatic rings. The molecule has 40 heavy (non-hydrogen) atoms. The normalized spacial score (nSPS) is 14.6. The van der Waals surface area contributed by atoms with E-state index in [1.54, 1.807) is 57.8 Å². The van der Waals surface area contributed by atoms with E-state index in [0.717, 1.165) is 51.2 Å². The number of aromatic nitrogens is 4. The van der Waals surface area contributed by atoms with E-state index in [1.165, 1.54) is 3.97 Å². The van der Waals surface area contributed by atoms with Gasteiger partial charge in [-0.1, -0.05) is 22.9 Å². The van der Waals surface area contributed by atoms with Crippen molar-refractivity contribution in [3.8, 4) is 45.3 Å². The van der Waals surface area contributed by atoms with Crippen molar-refractivity contribution < 1.29 is 22.4 Å². The third-order valence-corrected chi connectivity index (χ3v) is 9.22. The fourth-order valence-corrected chi connectivity index (χ4v) is 6.91. The van der Waals surface area contributed by atoms with E-state index in [2.05, 4.69) is 21.6 Å². The topological polar surface area (TPSA) is 101 Å². The smallest absolute Gasteiger partial charge is 0.267 e. The summed E-state index contributed by atoms with van der Waals surface area (Å²) >= 11 is 0. The average molecular weight is 559 g/mol. The molecule has 0 saturated carbocycles. The van der Waals surface area contributed by atoms with Gasteiger partial charge in [0.25, 0.3) is 15.9 Å². The number of nitrogens with zero attached hydrogens (tertiary/aromatic N) is 4. The lowest BCUT2D eigenvalue weighted by Gasteiger charge is -2.28. The quantitative estimate of drug-likeness (QED) is 0.253. The highest BCUT2D eigenvalue weighted by molar-refractivity contribution is 7.90. The van der Waals surface area contributed by atoms with Crippen LogP contribution in [-0.4, -0.2) is 41.3 Å². The highest BCUT2D eigenvalue weighted by atomic mass is 32.2. The molecule has 0 N–H and O–H groups in total. The second-order valence-electron chi connectivity index (χ2n) is 10.2. The first-order valence-corrected chi connectivity index (χ1v) is 14.4. The van der Waals surface area contributed by atoms with Gasteiger partial charge in [0.05, 0.1) is 30.4 Å².